The first-order chi connectivity index (χ1) is 3.12. The van der Waals surface area contributed by atoms with Crippen molar-refractivity contribution in [3.63, 3.8) is 0 Å². The molecule has 0 amide bonds. The van der Waals surface area contributed by atoms with Gasteiger partial charge in [0.05, 0.1) is 0 Å². The van der Waals surface area contributed by atoms with Gasteiger partial charge in [-0.1, -0.05) is 24.2 Å². The van der Waals surface area contributed by atoms with Crippen LogP contribution < -0.4 is 0 Å². The second-order valence-electron chi connectivity index (χ2n) is 1.50. The Bertz CT molecular complexity index is 68.5. The minimum atomic E-state index is -0.921. The van der Waals surface area contributed by atoms with Crippen molar-refractivity contribution in [2.75, 3.05) is 12.0 Å². The molecule has 0 aliphatic rings. The van der Waals surface area contributed by atoms with E-state index in [-0.39, 0.29) is 0 Å². The van der Waals surface area contributed by atoms with E-state index in [0.717, 1.165) is 5.75 Å². The van der Waals surface area contributed by atoms with E-state index in [4.69, 9.17) is 10.7 Å². The van der Waals surface area contributed by atoms with Gasteiger partial charge in [0.25, 0.3) is 0 Å². The predicted octanol–water partition coefficient (Wildman–Crippen LogP) is 2.74. The van der Waals surface area contributed by atoms with E-state index < -0.39 is 9.24 Å². The topological polar surface area (TPSA) is 0 Å². The zero-order valence-corrected chi connectivity index (χ0v) is 6.35. The first-order valence-electron chi connectivity index (χ1n) is 2.20. The van der Waals surface area contributed by atoms with Crippen LogP contribution in [-0.4, -0.2) is 12.0 Å². The van der Waals surface area contributed by atoms with E-state index in [2.05, 4.69) is 13.5 Å². The molecule has 0 heterocycles. The van der Waals surface area contributed by atoms with E-state index in [0.29, 0.717) is 0 Å². The molecule has 0 aromatic carbocycles. The van der Waals surface area contributed by atoms with E-state index in [9.17, 15) is 0 Å². The van der Waals surface area contributed by atoms with E-state index >= 15 is 0 Å². The van der Waals surface area contributed by atoms with Gasteiger partial charge in [-0.2, -0.15) is 0 Å². The van der Waals surface area contributed by atoms with Crippen LogP contribution >= 0.6 is 19.9 Å². The largest absolute Gasteiger partial charge is 0.146 e. The smallest absolute Gasteiger partial charge is 0.00963 e. The van der Waals surface area contributed by atoms with Gasteiger partial charge in [0.1, 0.15) is 0 Å². The fourth-order valence-electron chi connectivity index (χ4n) is 0.118. The molecule has 0 aromatic rings. The molecule has 0 aliphatic heterocycles. The van der Waals surface area contributed by atoms with Crippen LogP contribution in [0.25, 0.3) is 0 Å². The Morgan fingerprint density at radius 2 is 2.29 bits per heavy atom. The van der Waals surface area contributed by atoms with Crippen molar-refractivity contribution in [2.24, 2.45) is 0 Å². The van der Waals surface area contributed by atoms with Gasteiger partial charge in [-0.15, -0.1) is 9.24 Å². The number of hydrogen-bond acceptors (Lipinski definition) is 0. The molecule has 0 nitrogen and oxygen atoms in total. The summed E-state index contributed by atoms with van der Waals surface area (Å²) in [4.78, 5) is 0. The molecule has 0 fully saturated rings. The zero-order chi connectivity index (χ0) is 5.91. The summed E-state index contributed by atoms with van der Waals surface area (Å²) in [7, 11) is 4.95. The fourth-order valence-corrected chi connectivity index (χ4v) is 0.354. The zero-order valence-electron chi connectivity index (χ0n) is 4.78. The average molecular weight is 139 g/mol. The minimum absolute atomic E-state index is 0.921. The summed E-state index contributed by atoms with van der Waals surface area (Å²) < 4.78 is 0. The summed E-state index contributed by atoms with van der Waals surface area (Å²) in [6, 6.07) is 0. The van der Waals surface area contributed by atoms with Gasteiger partial charge in [-0.25, -0.2) is 0 Å². The van der Waals surface area contributed by atoms with Crippen molar-refractivity contribution in [1.82, 2.24) is 0 Å². The number of halogens is 1. The Morgan fingerprint density at radius 1 is 1.86 bits per heavy atom. The van der Waals surface area contributed by atoms with Crippen molar-refractivity contribution >= 4 is 19.9 Å². The average Bonchev–Trinajstić information content (AvgIpc) is 1.68. The molecule has 44 valence electrons. The van der Waals surface area contributed by atoms with Crippen molar-refractivity contribution in [1.29, 1.82) is 0 Å². The van der Waals surface area contributed by atoms with Gasteiger partial charge < -0.3 is 0 Å². The summed E-state index contributed by atoms with van der Waals surface area (Å²) in [6.45, 7) is 5.68. The van der Waals surface area contributed by atoms with Crippen LogP contribution in [0.4, 0.5) is 0 Å². The third-order valence-corrected chi connectivity index (χ3v) is 3.77. The third-order valence-electron chi connectivity index (χ3n) is 0.912. The summed E-state index contributed by atoms with van der Waals surface area (Å²) in [5.74, 6) is 1.03. The Balaban J connectivity index is 3.58. The summed E-state index contributed by atoms with van der Waals surface area (Å²) in [5.41, 5.74) is 0. The molecule has 1 atom stereocenters. The lowest BCUT2D eigenvalue weighted by Crippen LogP contribution is -1.83. The van der Waals surface area contributed by atoms with Crippen LogP contribution in [0.5, 0.6) is 0 Å². The van der Waals surface area contributed by atoms with Gasteiger partial charge in [0.15, 0.2) is 0 Å². The molecule has 0 aliphatic carbocycles. The second kappa shape index (κ2) is 2.63. The van der Waals surface area contributed by atoms with Crippen molar-refractivity contribution in [3.05, 3.63) is 12.0 Å². The Kier molecular flexibility index (Phi) is 2.77. The highest BCUT2D eigenvalue weighted by atomic mass is 35.7. The van der Waals surface area contributed by atoms with Crippen molar-refractivity contribution < 1.29 is 0 Å². The Hall–Kier alpha value is 0.380. The second-order valence-corrected chi connectivity index (χ2v) is 6.61. The highest BCUT2D eigenvalue weighted by Crippen LogP contribution is 2.49. The molecule has 0 radical (unpaired) electrons. The molecule has 0 saturated heterocycles. The first kappa shape index (κ1) is 7.38. The SMILES string of the molecule is C=CS(C)(Cl)CC. The predicted molar refractivity (Wildman–Crippen MR) is 40.1 cm³/mol. The van der Waals surface area contributed by atoms with Crippen LogP contribution in [0.15, 0.2) is 12.0 Å². The molecule has 0 rings (SSSR count). The van der Waals surface area contributed by atoms with Gasteiger partial charge >= 0.3 is 0 Å². The molecule has 0 saturated carbocycles. The van der Waals surface area contributed by atoms with Gasteiger partial charge in [-0.3, -0.25) is 0 Å². The maximum Gasteiger partial charge on any atom is -0.00963 e. The van der Waals surface area contributed by atoms with Crippen molar-refractivity contribution in [2.45, 2.75) is 6.92 Å². The van der Waals surface area contributed by atoms with E-state index in [1.165, 1.54) is 0 Å². The highest BCUT2D eigenvalue weighted by Gasteiger charge is 2.02. The maximum absolute atomic E-state index is 5.87. The Morgan fingerprint density at radius 3 is 2.29 bits per heavy atom. The first-order valence-corrected chi connectivity index (χ1v) is 5.30. The molecule has 1 unspecified atom stereocenters. The quantitative estimate of drug-likeness (QED) is 0.551. The normalized spacial score (nSPS) is 22.7. The lowest BCUT2D eigenvalue weighted by atomic mass is 11.0. The number of rotatable bonds is 2. The molecule has 0 N–H and O–H groups in total. The van der Waals surface area contributed by atoms with Crippen LogP contribution in [0.2, 0.25) is 0 Å². The lowest BCUT2D eigenvalue weighted by molar-refractivity contribution is 1.52. The summed E-state index contributed by atoms with van der Waals surface area (Å²) in [6.07, 6.45) is 2.03. The maximum atomic E-state index is 5.87. The molecule has 2 heteroatoms. The van der Waals surface area contributed by atoms with Crippen LogP contribution in [0.1, 0.15) is 6.92 Å². The number of hydrogen-bond donors (Lipinski definition) is 0. The Labute approximate surface area is 51.4 Å². The van der Waals surface area contributed by atoms with Crippen LogP contribution in [-0.2, 0) is 0 Å². The highest BCUT2D eigenvalue weighted by molar-refractivity contribution is 8.52. The third kappa shape index (κ3) is 3.01. The standard InChI is InChI=1S/C5H11ClS/c1-4-7(3,6)5-2/h4H,1,5H2,2-3H3. The van der Waals surface area contributed by atoms with Crippen LogP contribution in [0, 0.1) is 0 Å². The molecule has 0 bridgehead atoms. The molecule has 0 aromatic heterocycles. The lowest BCUT2D eigenvalue weighted by Gasteiger charge is -2.19. The van der Waals surface area contributed by atoms with E-state index in [1.54, 1.807) is 0 Å². The molecular weight excluding hydrogens is 128 g/mol. The molecular formula is C5H11ClS. The van der Waals surface area contributed by atoms with Gasteiger partial charge in [0.2, 0.25) is 0 Å². The van der Waals surface area contributed by atoms with Gasteiger partial charge in [0, 0.05) is 0 Å². The summed E-state index contributed by atoms with van der Waals surface area (Å²) >= 11 is 0. The van der Waals surface area contributed by atoms with Crippen LogP contribution in [0.3, 0.4) is 0 Å². The van der Waals surface area contributed by atoms with Crippen molar-refractivity contribution in [3.8, 4) is 0 Å². The molecule has 7 heavy (non-hydrogen) atoms. The molecule has 0 spiro atoms. The van der Waals surface area contributed by atoms with Gasteiger partial charge in [-0.05, 0) is 17.4 Å². The monoisotopic (exact) mass is 138 g/mol. The fraction of sp³-hybridized carbons (Fsp3) is 0.600. The van der Waals surface area contributed by atoms with E-state index in [1.807, 2.05) is 11.7 Å². The minimum Gasteiger partial charge on any atom is -0.146 e. The summed E-state index contributed by atoms with van der Waals surface area (Å²) in [5, 5.41) is 1.84.